The third-order valence-corrected chi connectivity index (χ3v) is 5.26. The van der Waals surface area contributed by atoms with Crippen molar-refractivity contribution in [3.8, 4) is 0 Å². The van der Waals surface area contributed by atoms with Crippen LogP contribution in [0.2, 0.25) is 5.28 Å². The molecule has 0 bridgehead atoms. The fourth-order valence-electron chi connectivity index (χ4n) is 2.97. The molecule has 2 N–H and O–H groups in total. The highest BCUT2D eigenvalue weighted by Crippen LogP contribution is 2.33. The smallest absolute Gasteiger partial charge is 0.407 e. The summed E-state index contributed by atoms with van der Waals surface area (Å²) in [7, 11) is 1.73. The van der Waals surface area contributed by atoms with E-state index in [9.17, 15) is 4.79 Å². The van der Waals surface area contributed by atoms with Crippen LogP contribution in [0.15, 0.2) is 6.20 Å². The summed E-state index contributed by atoms with van der Waals surface area (Å²) in [6.07, 6.45) is 4.94. The Labute approximate surface area is 173 Å². The van der Waals surface area contributed by atoms with Gasteiger partial charge in [-0.05, 0) is 80.6 Å². The van der Waals surface area contributed by atoms with Gasteiger partial charge in [-0.25, -0.2) is 9.78 Å². The minimum Gasteiger partial charge on any atom is -0.444 e. The van der Waals surface area contributed by atoms with Gasteiger partial charge < -0.3 is 20.1 Å². The number of methoxy groups -OCH3 is 1. The molecule has 1 fully saturated rings. The number of ether oxygens (including phenoxy) is 2. The Morgan fingerprint density at radius 2 is 2.08 bits per heavy atom. The van der Waals surface area contributed by atoms with E-state index in [0.717, 1.165) is 29.3 Å². The average Bonchev–Trinajstić information content (AvgIpc) is 2.56. The maximum Gasteiger partial charge on any atom is 0.407 e. The van der Waals surface area contributed by atoms with Gasteiger partial charge >= 0.3 is 6.09 Å². The van der Waals surface area contributed by atoms with Crippen molar-refractivity contribution in [3.05, 3.63) is 15.1 Å². The van der Waals surface area contributed by atoms with Crippen LogP contribution in [0.1, 0.15) is 46.5 Å². The molecule has 1 aromatic heterocycles. The van der Waals surface area contributed by atoms with Crippen LogP contribution in [0.5, 0.6) is 0 Å². The molecular weight excluding hydrogens is 471 g/mol. The molecule has 0 aromatic carbocycles. The number of amides is 1. The molecule has 1 amide bonds. The van der Waals surface area contributed by atoms with Crippen LogP contribution in [0.3, 0.4) is 0 Å². The Bertz CT molecular complexity index is 631. The van der Waals surface area contributed by atoms with Crippen LogP contribution in [0.4, 0.5) is 10.6 Å². The third kappa shape index (κ3) is 6.38. The molecule has 9 heteroatoms. The van der Waals surface area contributed by atoms with E-state index in [1.165, 1.54) is 0 Å². The second kappa shape index (κ2) is 8.88. The van der Waals surface area contributed by atoms with Gasteiger partial charge in [0.1, 0.15) is 11.4 Å². The van der Waals surface area contributed by atoms with Crippen molar-refractivity contribution in [2.45, 2.75) is 63.7 Å². The van der Waals surface area contributed by atoms with E-state index in [1.54, 1.807) is 13.3 Å². The monoisotopic (exact) mass is 496 g/mol. The Hall–Kier alpha value is -0.870. The number of rotatable bonds is 5. The van der Waals surface area contributed by atoms with Gasteiger partial charge in [-0.3, -0.25) is 0 Å². The Morgan fingerprint density at radius 3 is 2.65 bits per heavy atom. The van der Waals surface area contributed by atoms with Crippen LogP contribution in [-0.2, 0) is 9.47 Å². The van der Waals surface area contributed by atoms with E-state index in [-0.39, 0.29) is 16.9 Å². The van der Waals surface area contributed by atoms with E-state index in [0.29, 0.717) is 12.4 Å². The molecule has 0 unspecified atom stereocenters. The van der Waals surface area contributed by atoms with Crippen molar-refractivity contribution in [2.24, 2.45) is 0 Å². The van der Waals surface area contributed by atoms with E-state index >= 15 is 0 Å². The first-order chi connectivity index (χ1) is 12.1. The minimum atomic E-state index is -0.534. The number of anilines is 1. The van der Waals surface area contributed by atoms with Gasteiger partial charge in [0.25, 0.3) is 0 Å². The second-order valence-corrected chi connectivity index (χ2v) is 9.03. The largest absolute Gasteiger partial charge is 0.444 e. The molecule has 0 radical (unpaired) electrons. The topological polar surface area (TPSA) is 85.4 Å². The predicted octanol–water partition coefficient (Wildman–Crippen LogP) is 4.00. The maximum absolute atomic E-state index is 12.1. The summed E-state index contributed by atoms with van der Waals surface area (Å²) in [4.78, 5) is 20.4. The van der Waals surface area contributed by atoms with Crippen LogP contribution in [0.25, 0.3) is 0 Å². The van der Waals surface area contributed by atoms with Gasteiger partial charge in [0.05, 0.1) is 15.2 Å². The Morgan fingerprint density at radius 1 is 1.42 bits per heavy atom. The predicted molar refractivity (Wildman–Crippen MR) is 110 cm³/mol. The first kappa shape index (κ1) is 21.4. The standard InChI is InChI=1S/C17H26ClIN4O3/c1-16(2,3)26-15(24)21-10-17(7-5-11(25-4)6-8-17)23-13-12(19)9-20-14(18)22-13/h9,11H,5-8,10H2,1-4H3,(H,21,24)(H,20,22,23). The fourth-order valence-corrected chi connectivity index (χ4v) is 3.49. The van der Waals surface area contributed by atoms with Crippen LogP contribution >= 0.6 is 34.2 Å². The summed E-state index contributed by atoms with van der Waals surface area (Å²) in [6.45, 7) is 5.96. The van der Waals surface area contributed by atoms with Crippen molar-refractivity contribution in [1.29, 1.82) is 0 Å². The third-order valence-electron chi connectivity index (χ3n) is 4.29. The zero-order chi connectivity index (χ0) is 19.4. The van der Waals surface area contributed by atoms with Crippen molar-refractivity contribution >= 4 is 46.1 Å². The van der Waals surface area contributed by atoms with Gasteiger partial charge in [0, 0.05) is 19.9 Å². The van der Waals surface area contributed by atoms with E-state index in [2.05, 4.69) is 43.2 Å². The average molecular weight is 497 g/mol. The molecule has 1 saturated carbocycles. The van der Waals surface area contributed by atoms with Gasteiger partial charge in [0.2, 0.25) is 5.28 Å². The zero-order valence-electron chi connectivity index (χ0n) is 15.6. The highest BCUT2D eigenvalue weighted by atomic mass is 127. The molecule has 0 spiro atoms. The van der Waals surface area contributed by atoms with Crippen LogP contribution in [-0.4, -0.2) is 47.0 Å². The minimum absolute atomic E-state index is 0.189. The van der Waals surface area contributed by atoms with Gasteiger partial charge in [-0.2, -0.15) is 4.98 Å². The number of carbonyl (C=O) groups is 1. The molecule has 26 heavy (non-hydrogen) atoms. The fraction of sp³-hybridized carbons (Fsp3) is 0.706. The number of hydrogen-bond acceptors (Lipinski definition) is 6. The van der Waals surface area contributed by atoms with Crippen LogP contribution in [0, 0.1) is 3.57 Å². The zero-order valence-corrected chi connectivity index (χ0v) is 18.5. The molecule has 7 nitrogen and oxygen atoms in total. The number of aromatic nitrogens is 2. The Balaban J connectivity index is 2.12. The van der Waals surface area contributed by atoms with Crippen LogP contribution < -0.4 is 10.6 Å². The molecule has 146 valence electrons. The molecule has 0 saturated heterocycles. The second-order valence-electron chi connectivity index (χ2n) is 7.53. The molecule has 0 aliphatic heterocycles. The first-order valence-electron chi connectivity index (χ1n) is 8.58. The lowest BCUT2D eigenvalue weighted by Gasteiger charge is -2.41. The first-order valence-corrected chi connectivity index (χ1v) is 10.0. The van der Waals surface area contributed by atoms with Crippen molar-refractivity contribution in [3.63, 3.8) is 0 Å². The van der Waals surface area contributed by atoms with Gasteiger partial charge in [0.15, 0.2) is 0 Å². The quantitative estimate of drug-likeness (QED) is 0.473. The molecule has 1 aromatic rings. The highest BCUT2D eigenvalue weighted by molar-refractivity contribution is 14.1. The van der Waals surface area contributed by atoms with E-state index in [4.69, 9.17) is 21.1 Å². The lowest BCUT2D eigenvalue weighted by Crippen LogP contribution is -2.52. The lowest BCUT2D eigenvalue weighted by molar-refractivity contribution is 0.0437. The summed E-state index contributed by atoms with van der Waals surface area (Å²) < 4.78 is 11.7. The number of nitrogens with one attached hydrogen (secondary N) is 2. The molecule has 1 heterocycles. The molecule has 2 rings (SSSR count). The summed E-state index contributed by atoms with van der Waals surface area (Å²) >= 11 is 8.12. The number of carbonyl (C=O) groups excluding carboxylic acids is 1. The number of alkyl carbamates (subject to hydrolysis) is 1. The summed E-state index contributed by atoms with van der Waals surface area (Å²) in [6, 6.07) is 0. The van der Waals surface area contributed by atoms with Crippen molar-refractivity contribution < 1.29 is 14.3 Å². The molecule has 1 aliphatic carbocycles. The normalized spacial score (nSPS) is 23.4. The van der Waals surface area contributed by atoms with Gasteiger partial charge in [-0.15, -0.1) is 0 Å². The van der Waals surface area contributed by atoms with Gasteiger partial charge in [-0.1, -0.05) is 0 Å². The molecular formula is C17H26ClIN4O3. The summed E-state index contributed by atoms with van der Waals surface area (Å²) in [5.74, 6) is 0.674. The number of hydrogen-bond donors (Lipinski definition) is 2. The lowest BCUT2D eigenvalue weighted by atomic mass is 9.80. The van der Waals surface area contributed by atoms with E-state index in [1.807, 2.05) is 20.8 Å². The van der Waals surface area contributed by atoms with E-state index < -0.39 is 11.7 Å². The number of halogens is 2. The van der Waals surface area contributed by atoms with Crippen molar-refractivity contribution in [2.75, 3.05) is 19.0 Å². The van der Waals surface area contributed by atoms with Crippen molar-refractivity contribution in [1.82, 2.24) is 15.3 Å². The Kier molecular flexibility index (Phi) is 7.32. The molecule has 1 aliphatic rings. The summed E-state index contributed by atoms with van der Waals surface area (Å²) in [5, 5.41) is 6.58. The SMILES string of the molecule is COC1CCC(CNC(=O)OC(C)(C)C)(Nc2nc(Cl)ncc2I)CC1. The summed E-state index contributed by atoms with van der Waals surface area (Å²) in [5.41, 5.74) is -0.877. The number of nitrogens with zero attached hydrogens (tertiary/aromatic N) is 2. The maximum atomic E-state index is 12.1. The molecule has 0 atom stereocenters. The highest BCUT2D eigenvalue weighted by Gasteiger charge is 2.37.